The lowest BCUT2D eigenvalue weighted by atomic mass is 10.1. The number of nitrogens with zero attached hydrogens (tertiary/aromatic N) is 2. The maximum absolute atomic E-state index is 5.70. The second-order valence-electron chi connectivity index (χ2n) is 4.85. The number of benzene rings is 1. The van der Waals surface area contributed by atoms with Crippen LogP contribution in [0.15, 0.2) is 54.8 Å². The molecular formula is C17H14N2O. The molecule has 0 unspecified atom stereocenters. The SMILES string of the molecule is C1=C\COCc2c3nc4ccccc4c-3ccn2\C=C/1. The van der Waals surface area contributed by atoms with Crippen molar-refractivity contribution >= 4 is 17.1 Å². The lowest BCUT2D eigenvalue weighted by Crippen LogP contribution is -2.05. The van der Waals surface area contributed by atoms with E-state index in [1.54, 1.807) is 0 Å². The third-order valence-electron chi connectivity index (χ3n) is 3.62. The highest BCUT2D eigenvalue weighted by atomic mass is 16.5. The summed E-state index contributed by atoms with van der Waals surface area (Å²) in [5, 5.41) is 1.20. The molecule has 0 radical (unpaired) electrons. The zero-order valence-corrected chi connectivity index (χ0v) is 11.0. The predicted molar refractivity (Wildman–Crippen MR) is 80.5 cm³/mol. The quantitative estimate of drug-likeness (QED) is 0.617. The van der Waals surface area contributed by atoms with E-state index in [-0.39, 0.29) is 0 Å². The third kappa shape index (κ3) is 1.75. The summed E-state index contributed by atoms with van der Waals surface area (Å²) in [4.78, 5) is 4.78. The molecule has 0 N–H and O–H groups in total. The number of rotatable bonds is 0. The number of aromatic nitrogens is 2. The van der Waals surface area contributed by atoms with Crippen LogP contribution in [0.1, 0.15) is 5.69 Å². The summed E-state index contributed by atoms with van der Waals surface area (Å²) in [6.07, 6.45) is 10.1. The Morgan fingerprint density at radius 2 is 2.05 bits per heavy atom. The maximum Gasteiger partial charge on any atom is 0.0938 e. The second kappa shape index (κ2) is 4.62. The predicted octanol–water partition coefficient (Wildman–Crippen LogP) is 3.70. The molecule has 3 heteroatoms. The van der Waals surface area contributed by atoms with Gasteiger partial charge in [0, 0.05) is 23.3 Å². The summed E-state index contributed by atoms with van der Waals surface area (Å²) in [7, 11) is 0. The van der Waals surface area contributed by atoms with Crippen molar-refractivity contribution in [1.29, 1.82) is 0 Å². The number of pyridine rings is 1. The van der Waals surface area contributed by atoms with Crippen LogP contribution >= 0.6 is 0 Å². The summed E-state index contributed by atoms with van der Waals surface area (Å²) in [5.41, 5.74) is 4.36. The number of hydrogen-bond donors (Lipinski definition) is 0. The molecule has 0 aliphatic carbocycles. The highest BCUT2D eigenvalue weighted by Gasteiger charge is 2.17. The lowest BCUT2D eigenvalue weighted by Gasteiger charge is -2.13. The van der Waals surface area contributed by atoms with E-state index in [4.69, 9.17) is 9.72 Å². The van der Waals surface area contributed by atoms with Gasteiger partial charge in [-0.05, 0) is 18.2 Å². The molecule has 1 aromatic carbocycles. The van der Waals surface area contributed by atoms with E-state index in [1.807, 2.05) is 30.5 Å². The Bertz CT molecular complexity index is 798. The average molecular weight is 262 g/mol. The van der Waals surface area contributed by atoms with Gasteiger partial charge in [-0.25, -0.2) is 4.98 Å². The van der Waals surface area contributed by atoms with E-state index in [9.17, 15) is 0 Å². The van der Waals surface area contributed by atoms with Crippen molar-refractivity contribution in [2.24, 2.45) is 0 Å². The van der Waals surface area contributed by atoms with Crippen LogP contribution in [-0.4, -0.2) is 16.2 Å². The molecule has 3 heterocycles. The second-order valence-corrected chi connectivity index (χ2v) is 4.85. The molecule has 98 valence electrons. The van der Waals surface area contributed by atoms with Gasteiger partial charge in [0.1, 0.15) is 0 Å². The van der Waals surface area contributed by atoms with Gasteiger partial charge >= 0.3 is 0 Å². The molecule has 4 rings (SSSR count). The Hall–Kier alpha value is -2.39. The van der Waals surface area contributed by atoms with Gasteiger partial charge in [0.15, 0.2) is 0 Å². The molecule has 3 nitrogen and oxygen atoms in total. The fraction of sp³-hybridized carbons (Fsp3) is 0.118. The number of para-hydroxylation sites is 1. The molecule has 0 saturated carbocycles. The Morgan fingerprint density at radius 3 is 3.05 bits per heavy atom. The van der Waals surface area contributed by atoms with Crippen LogP contribution in [0.3, 0.4) is 0 Å². The van der Waals surface area contributed by atoms with Gasteiger partial charge in [-0.2, -0.15) is 0 Å². The molecule has 0 amide bonds. The summed E-state index contributed by atoms with van der Waals surface area (Å²) < 4.78 is 7.78. The standard InChI is InChI=1S/C17H14N2O/c1-4-9-19-10-8-14-13-6-2-3-7-15(13)18-17(14)16(19)12-20-11-5-1/h1-10H,11-12H2/b5-1-,9-4-. The molecule has 0 saturated heterocycles. The Balaban J connectivity index is 2.01. The summed E-state index contributed by atoms with van der Waals surface area (Å²) in [6, 6.07) is 10.4. The zero-order chi connectivity index (χ0) is 13.4. The molecule has 1 aromatic rings. The van der Waals surface area contributed by atoms with Gasteiger partial charge in [-0.3, -0.25) is 0 Å². The number of allylic oxidation sites excluding steroid dienone is 2. The number of fused-ring (bicyclic) bond motifs is 5. The van der Waals surface area contributed by atoms with Crippen molar-refractivity contribution in [3.8, 4) is 11.3 Å². The van der Waals surface area contributed by atoms with E-state index >= 15 is 0 Å². The minimum atomic E-state index is 0.565. The van der Waals surface area contributed by atoms with Crippen molar-refractivity contribution in [2.75, 3.05) is 6.61 Å². The van der Waals surface area contributed by atoms with Crippen molar-refractivity contribution in [3.63, 3.8) is 0 Å². The van der Waals surface area contributed by atoms with Crippen molar-refractivity contribution in [2.45, 2.75) is 6.61 Å². The van der Waals surface area contributed by atoms with E-state index in [0.717, 1.165) is 16.9 Å². The van der Waals surface area contributed by atoms with Crippen LogP contribution in [-0.2, 0) is 11.3 Å². The average Bonchev–Trinajstić information content (AvgIpc) is 2.90. The van der Waals surface area contributed by atoms with E-state index in [0.29, 0.717) is 13.2 Å². The Labute approximate surface area is 117 Å². The third-order valence-corrected chi connectivity index (χ3v) is 3.62. The molecule has 0 aromatic heterocycles. The normalized spacial score (nSPS) is 18.2. The molecule has 0 atom stereocenters. The van der Waals surface area contributed by atoms with Crippen LogP contribution in [0.4, 0.5) is 0 Å². The molecule has 3 aliphatic rings. The van der Waals surface area contributed by atoms with Crippen molar-refractivity contribution in [1.82, 2.24) is 9.55 Å². The van der Waals surface area contributed by atoms with Gasteiger partial charge in [-0.15, -0.1) is 0 Å². The van der Waals surface area contributed by atoms with Crippen LogP contribution in [0.5, 0.6) is 0 Å². The van der Waals surface area contributed by atoms with Gasteiger partial charge in [-0.1, -0.05) is 30.4 Å². The fourth-order valence-electron chi connectivity index (χ4n) is 2.65. The maximum atomic E-state index is 5.70. The Morgan fingerprint density at radius 1 is 1.10 bits per heavy atom. The van der Waals surface area contributed by atoms with Gasteiger partial charge in [0.25, 0.3) is 0 Å². The first-order chi connectivity index (χ1) is 9.93. The van der Waals surface area contributed by atoms with Gasteiger partial charge in [0.05, 0.1) is 30.1 Å². The molecule has 0 bridgehead atoms. The zero-order valence-electron chi connectivity index (χ0n) is 11.0. The lowest BCUT2D eigenvalue weighted by molar-refractivity contribution is 0.145. The van der Waals surface area contributed by atoms with Crippen molar-refractivity contribution < 1.29 is 4.74 Å². The fourth-order valence-corrected chi connectivity index (χ4v) is 2.65. The van der Waals surface area contributed by atoms with Crippen LogP contribution < -0.4 is 0 Å². The first-order valence-corrected chi connectivity index (χ1v) is 6.73. The topological polar surface area (TPSA) is 27.1 Å². The smallest absolute Gasteiger partial charge is 0.0938 e. The highest BCUT2D eigenvalue weighted by molar-refractivity contribution is 5.97. The van der Waals surface area contributed by atoms with E-state index in [2.05, 4.69) is 35.0 Å². The number of ether oxygens (including phenoxy) is 1. The van der Waals surface area contributed by atoms with Gasteiger partial charge < -0.3 is 9.30 Å². The van der Waals surface area contributed by atoms with Crippen LogP contribution in [0.25, 0.3) is 28.4 Å². The number of hydrogen-bond acceptors (Lipinski definition) is 2. The Kier molecular flexibility index (Phi) is 2.64. The first-order valence-electron chi connectivity index (χ1n) is 6.73. The minimum absolute atomic E-state index is 0.565. The van der Waals surface area contributed by atoms with E-state index < -0.39 is 0 Å². The molecular weight excluding hydrogens is 248 g/mol. The summed E-state index contributed by atoms with van der Waals surface area (Å²) in [6.45, 7) is 1.19. The molecule has 3 aliphatic heterocycles. The minimum Gasteiger partial charge on any atom is -0.371 e. The molecule has 20 heavy (non-hydrogen) atoms. The van der Waals surface area contributed by atoms with Crippen LogP contribution in [0, 0.1) is 0 Å². The monoisotopic (exact) mass is 262 g/mol. The summed E-state index contributed by atoms with van der Waals surface area (Å²) >= 11 is 0. The van der Waals surface area contributed by atoms with Crippen molar-refractivity contribution in [3.05, 3.63) is 60.5 Å². The largest absolute Gasteiger partial charge is 0.371 e. The van der Waals surface area contributed by atoms with Crippen LogP contribution in [0.2, 0.25) is 0 Å². The highest BCUT2D eigenvalue weighted by Crippen LogP contribution is 2.33. The molecule has 0 spiro atoms. The van der Waals surface area contributed by atoms with Gasteiger partial charge in [0.2, 0.25) is 0 Å². The summed E-state index contributed by atoms with van der Waals surface area (Å²) in [5.74, 6) is 0. The van der Waals surface area contributed by atoms with E-state index in [1.165, 1.54) is 10.9 Å². The first kappa shape index (κ1) is 11.4. The molecule has 0 fully saturated rings.